The summed E-state index contributed by atoms with van der Waals surface area (Å²) < 4.78 is 22.2. The Balaban J connectivity index is 1.60. The topological polar surface area (TPSA) is 71.1 Å². The molecule has 6 nitrogen and oxygen atoms in total. The summed E-state index contributed by atoms with van der Waals surface area (Å²) in [7, 11) is 1.49. The fourth-order valence-corrected chi connectivity index (χ4v) is 3.74. The summed E-state index contributed by atoms with van der Waals surface area (Å²) in [4.78, 5) is 25.5. The molecule has 3 aromatic carbocycles. The van der Waals surface area contributed by atoms with Crippen molar-refractivity contribution >= 4 is 27.5 Å². The molecule has 0 radical (unpaired) electrons. The maximum absolute atomic E-state index is 13.1. The summed E-state index contributed by atoms with van der Waals surface area (Å²) >= 11 is 0. The van der Waals surface area contributed by atoms with Crippen molar-refractivity contribution in [2.75, 3.05) is 13.7 Å². The Kier molecular flexibility index (Phi) is 5.45. The van der Waals surface area contributed by atoms with Gasteiger partial charge in [0, 0.05) is 17.9 Å². The van der Waals surface area contributed by atoms with E-state index in [0.29, 0.717) is 40.7 Å². The van der Waals surface area contributed by atoms with Crippen molar-refractivity contribution in [2.45, 2.75) is 38.6 Å². The highest BCUT2D eigenvalue weighted by Gasteiger charge is 2.32. The minimum atomic E-state index is -0.616. The van der Waals surface area contributed by atoms with Gasteiger partial charge in [-0.05, 0) is 37.1 Å². The lowest BCUT2D eigenvalue weighted by Crippen LogP contribution is -2.22. The summed E-state index contributed by atoms with van der Waals surface area (Å²) in [6, 6.07) is 14.4. The number of carbonyl (C=O) groups excluding carboxylic acids is 1. The summed E-state index contributed by atoms with van der Waals surface area (Å²) in [5.41, 5.74) is -0.124. The van der Waals surface area contributed by atoms with Crippen LogP contribution in [0.4, 0.5) is 0 Å². The lowest BCUT2D eigenvalue weighted by Gasteiger charge is -2.16. The van der Waals surface area contributed by atoms with Gasteiger partial charge in [0.05, 0.1) is 25.2 Å². The second-order valence-electron chi connectivity index (χ2n) is 7.80. The monoisotopic (exact) mass is 408 g/mol. The zero-order chi connectivity index (χ0) is 21.3. The fourth-order valence-electron chi connectivity index (χ4n) is 3.74. The second kappa shape index (κ2) is 8.05. The molecule has 0 bridgehead atoms. The van der Waals surface area contributed by atoms with Gasteiger partial charge < -0.3 is 18.9 Å². The number of rotatable bonds is 5. The Bertz CT molecular complexity index is 1170. The molecule has 0 saturated carbocycles. The molecule has 0 aromatic heterocycles. The third-order valence-electron chi connectivity index (χ3n) is 5.17. The normalized spacial score (nSPS) is 17.9. The Labute approximate surface area is 174 Å². The van der Waals surface area contributed by atoms with Crippen LogP contribution in [0.1, 0.15) is 26.7 Å². The van der Waals surface area contributed by atoms with Crippen LogP contribution < -0.4 is 14.9 Å². The Hall–Kier alpha value is -2.96. The van der Waals surface area contributed by atoms with Crippen LogP contribution in [0.25, 0.3) is 21.5 Å². The van der Waals surface area contributed by atoms with E-state index in [1.807, 2.05) is 44.2 Å². The van der Waals surface area contributed by atoms with Crippen molar-refractivity contribution < 1.29 is 23.7 Å². The van der Waals surface area contributed by atoms with Crippen LogP contribution in [0.5, 0.6) is 11.5 Å². The van der Waals surface area contributed by atoms with Crippen molar-refractivity contribution in [1.82, 2.24) is 0 Å². The van der Waals surface area contributed by atoms with Crippen LogP contribution in [0.15, 0.2) is 53.3 Å². The average molecular weight is 408 g/mol. The predicted octanol–water partition coefficient (Wildman–Crippen LogP) is 4.20. The van der Waals surface area contributed by atoms with E-state index in [0.717, 1.165) is 5.39 Å². The third kappa shape index (κ3) is 4.15. The number of esters is 1. The first-order chi connectivity index (χ1) is 14.4. The van der Waals surface area contributed by atoms with Gasteiger partial charge in [0.15, 0.2) is 11.2 Å². The molecule has 1 aliphatic rings. The maximum atomic E-state index is 13.1. The van der Waals surface area contributed by atoms with Gasteiger partial charge in [0.25, 0.3) is 0 Å². The molecule has 6 heteroatoms. The fraction of sp³-hybridized carbons (Fsp3) is 0.333. The molecule has 1 aliphatic heterocycles. The first-order valence-corrected chi connectivity index (χ1v) is 9.92. The minimum absolute atomic E-state index is 0.124. The zero-order valence-corrected chi connectivity index (χ0v) is 17.3. The molecule has 0 aliphatic carbocycles. The highest BCUT2D eigenvalue weighted by atomic mass is 16.7. The molecule has 1 saturated heterocycles. The number of ether oxygens (including phenoxy) is 4. The molecule has 0 amide bonds. The molecule has 4 rings (SSSR count). The Morgan fingerprint density at radius 1 is 1.13 bits per heavy atom. The van der Waals surface area contributed by atoms with Gasteiger partial charge in [-0.2, -0.15) is 0 Å². The van der Waals surface area contributed by atoms with Crippen molar-refractivity contribution in [3.8, 4) is 11.5 Å². The van der Waals surface area contributed by atoms with Gasteiger partial charge >= 0.3 is 5.97 Å². The van der Waals surface area contributed by atoms with Gasteiger partial charge in [-0.3, -0.25) is 9.59 Å². The number of carbonyl (C=O) groups is 1. The van der Waals surface area contributed by atoms with Crippen LogP contribution in [-0.2, 0) is 14.3 Å². The number of methoxy groups -OCH3 is 1. The number of fused-ring (bicyclic) bond motifs is 2. The molecule has 1 fully saturated rings. The van der Waals surface area contributed by atoms with E-state index in [1.54, 1.807) is 18.2 Å². The van der Waals surface area contributed by atoms with E-state index < -0.39 is 5.79 Å². The van der Waals surface area contributed by atoms with Crippen molar-refractivity contribution in [3.63, 3.8) is 0 Å². The minimum Gasteiger partial charge on any atom is -0.496 e. The molecule has 0 N–H and O–H groups in total. The van der Waals surface area contributed by atoms with Crippen LogP contribution in [0.3, 0.4) is 0 Å². The van der Waals surface area contributed by atoms with Crippen LogP contribution >= 0.6 is 0 Å². The van der Waals surface area contributed by atoms with Crippen molar-refractivity contribution in [3.05, 3.63) is 58.8 Å². The molecule has 1 unspecified atom stereocenters. The lowest BCUT2D eigenvalue weighted by molar-refractivity contribution is -0.143. The second-order valence-corrected chi connectivity index (χ2v) is 7.80. The summed E-state index contributed by atoms with van der Waals surface area (Å²) in [5.74, 6) is -0.286. The smallest absolute Gasteiger partial charge is 0.311 e. The first-order valence-electron chi connectivity index (χ1n) is 9.92. The quantitative estimate of drug-likeness (QED) is 0.466. The average Bonchev–Trinajstić information content (AvgIpc) is 3.01. The van der Waals surface area contributed by atoms with E-state index in [4.69, 9.17) is 18.9 Å². The summed E-state index contributed by atoms with van der Waals surface area (Å²) in [6.45, 7) is 4.15. The van der Waals surface area contributed by atoms with Crippen LogP contribution in [0.2, 0.25) is 0 Å². The van der Waals surface area contributed by atoms with Crippen molar-refractivity contribution in [1.29, 1.82) is 0 Å². The standard InChI is InChI=1S/C24H24O6/c1-24(2)28-14-17(30-24)10-11-21(25)29-18-12-16-9-8-15-6-4-5-7-19(15)23(26)22(16)20(13-18)27-3/h4-9,12-13,17H,10-11,14H2,1-3H3. The predicted molar refractivity (Wildman–Crippen MR) is 114 cm³/mol. The molecule has 30 heavy (non-hydrogen) atoms. The van der Waals surface area contributed by atoms with Gasteiger partial charge in [0.1, 0.15) is 11.5 Å². The zero-order valence-electron chi connectivity index (χ0n) is 17.3. The van der Waals surface area contributed by atoms with Gasteiger partial charge in [0.2, 0.25) is 0 Å². The molecular formula is C24H24O6. The molecule has 0 spiro atoms. The van der Waals surface area contributed by atoms with Crippen LogP contribution in [0, 0.1) is 0 Å². The summed E-state index contributed by atoms with van der Waals surface area (Å²) in [5, 5.41) is 2.54. The van der Waals surface area contributed by atoms with E-state index in [1.165, 1.54) is 7.11 Å². The van der Waals surface area contributed by atoms with Crippen LogP contribution in [-0.4, -0.2) is 31.6 Å². The van der Waals surface area contributed by atoms with Crippen molar-refractivity contribution in [2.24, 2.45) is 0 Å². The van der Waals surface area contributed by atoms with Gasteiger partial charge in [-0.25, -0.2) is 0 Å². The highest BCUT2D eigenvalue weighted by molar-refractivity contribution is 5.97. The Morgan fingerprint density at radius 2 is 1.90 bits per heavy atom. The molecule has 1 atom stereocenters. The largest absolute Gasteiger partial charge is 0.496 e. The van der Waals surface area contributed by atoms with E-state index in [9.17, 15) is 9.59 Å². The lowest BCUT2D eigenvalue weighted by atomic mass is 10.1. The van der Waals surface area contributed by atoms with E-state index in [-0.39, 0.29) is 23.9 Å². The molecule has 3 aromatic rings. The Morgan fingerprint density at radius 3 is 2.63 bits per heavy atom. The summed E-state index contributed by atoms with van der Waals surface area (Å²) in [6.07, 6.45) is 0.579. The first kappa shape index (κ1) is 20.3. The number of benzene rings is 2. The maximum Gasteiger partial charge on any atom is 0.311 e. The SMILES string of the molecule is COc1cc(OC(=O)CCC2COC(C)(C)O2)cc2ccc3ccccc3c(=O)c12. The number of hydrogen-bond donors (Lipinski definition) is 0. The van der Waals surface area contributed by atoms with E-state index in [2.05, 4.69) is 0 Å². The molecule has 1 heterocycles. The molecule has 156 valence electrons. The van der Waals surface area contributed by atoms with E-state index >= 15 is 0 Å². The van der Waals surface area contributed by atoms with Gasteiger partial charge in [-0.1, -0.05) is 36.4 Å². The number of hydrogen-bond acceptors (Lipinski definition) is 6. The third-order valence-corrected chi connectivity index (χ3v) is 5.17. The molecular weight excluding hydrogens is 384 g/mol. The van der Waals surface area contributed by atoms with Gasteiger partial charge in [-0.15, -0.1) is 0 Å². The highest BCUT2D eigenvalue weighted by Crippen LogP contribution is 2.30.